The molecule has 2 aliphatic rings. The topological polar surface area (TPSA) is 58.1 Å². The first-order valence-electron chi connectivity index (χ1n) is 10.1. The lowest BCUT2D eigenvalue weighted by Gasteiger charge is -2.26. The summed E-state index contributed by atoms with van der Waals surface area (Å²) in [6, 6.07) is 10.0. The molecule has 2 fully saturated rings. The summed E-state index contributed by atoms with van der Waals surface area (Å²) in [6.07, 6.45) is 9.53. The van der Waals surface area contributed by atoms with Crippen molar-refractivity contribution in [1.29, 1.82) is 0 Å². The summed E-state index contributed by atoms with van der Waals surface area (Å²) in [6.45, 7) is 2.86. The molecule has 4 rings (SSSR count). The van der Waals surface area contributed by atoms with Crippen molar-refractivity contribution in [2.75, 3.05) is 11.9 Å². The fourth-order valence-corrected chi connectivity index (χ4v) is 4.47. The molecule has 0 spiro atoms. The monoisotopic (exact) mass is 364 g/mol. The fraction of sp³-hybridized carbons (Fsp3) is 0.500. The van der Waals surface area contributed by atoms with Crippen molar-refractivity contribution in [1.82, 2.24) is 14.9 Å². The lowest BCUT2D eigenvalue weighted by Crippen LogP contribution is -2.32. The van der Waals surface area contributed by atoms with Crippen LogP contribution in [-0.2, 0) is 4.79 Å². The molecular formula is C22H28N4O. The van der Waals surface area contributed by atoms with Crippen molar-refractivity contribution in [3.8, 4) is 0 Å². The Morgan fingerprint density at radius 3 is 2.81 bits per heavy atom. The molecule has 1 aliphatic carbocycles. The number of likely N-dealkylation sites (tertiary alicyclic amines) is 1. The predicted octanol–water partition coefficient (Wildman–Crippen LogP) is 4.77. The van der Waals surface area contributed by atoms with Gasteiger partial charge in [0.05, 0.1) is 11.7 Å². The van der Waals surface area contributed by atoms with Gasteiger partial charge in [0.15, 0.2) is 0 Å². The highest BCUT2D eigenvalue weighted by molar-refractivity contribution is 5.77. The number of aryl methyl sites for hydroxylation is 1. The van der Waals surface area contributed by atoms with Gasteiger partial charge in [-0.3, -0.25) is 9.78 Å². The normalized spacial score (nSPS) is 20.2. The van der Waals surface area contributed by atoms with Crippen LogP contribution in [0.2, 0.25) is 0 Å². The van der Waals surface area contributed by atoms with Gasteiger partial charge in [-0.25, -0.2) is 4.98 Å². The third kappa shape index (κ3) is 4.29. The zero-order chi connectivity index (χ0) is 18.6. The van der Waals surface area contributed by atoms with Gasteiger partial charge in [-0.15, -0.1) is 0 Å². The maximum absolute atomic E-state index is 12.9. The number of carbonyl (C=O) groups is 1. The second-order valence-corrected chi connectivity index (χ2v) is 7.86. The second kappa shape index (κ2) is 8.07. The van der Waals surface area contributed by atoms with Crippen LogP contribution in [0.15, 0.2) is 36.5 Å². The maximum Gasteiger partial charge on any atom is 0.223 e. The van der Waals surface area contributed by atoms with Gasteiger partial charge in [0.1, 0.15) is 5.82 Å². The summed E-state index contributed by atoms with van der Waals surface area (Å²) in [5, 5.41) is 3.36. The van der Waals surface area contributed by atoms with Crippen molar-refractivity contribution >= 4 is 17.4 Å². The highest BCUT2D eigenvalue weighted by atomic mass is 16.2. The van der Waals surface area contributed by atoms with E-state index >= 15 is 0 Å². The van der Waals surface area contributed by atoms with Gasteiger partial charge in [0.25, 0.3) is 0 Å². The molecular weight excluding hydrogens is 336 g/mol. The van der Waals surface area contributed by atoms with Crippen LogP contribution in [0.1, 0.15) is 62.4 Å². The van der Waals surface area contributed by atoms with Crippen LogP contribution in [0.5, 0.6) is 0 Å². The SMILES string of the molecule is Cc1cc(Nc2ccccn2)cc([C@H]2CCCN2C(=O)CC2CCCC2)n1. The number of hydrogen-bond acceptors (Lipinski definition) is 4. The molecule has 142 valence electrons. The van der Waals surface area contributed by atoms with Gasteiger partial charge >= 0.3 is 0 Å². The molecule has 3 heterocycles. The Hall–Kier alpha value is -2.43. The number of hydrogen-bond donors (Lipinski definition) is 1. The Labute approximate surface area is 161 Å². The van der Waals surface area contributed by atoms with Gasteiger partial charge in [-0.1, -0.05) is 18.9 Å². The minimum atomic E-state index is 0.100. The third-order valence-corrected chi connectivity index (χ3v) is 5.76. The fourth-order valence-electron chi connectivity index (χ4n) is 4.47. The highest BCUT2D eigenvalue weighted by Gasteiger charge is 2.32. The number of pyridine rings is 2. The number of nitrogens with zero attached hydrogens (tertiary/aromatic N) is 3. The van der Waals surface area contributed by atoms with Crippen LogP contribution >= 0.6 is 0 Å². The van der Waals surface area contributed by atoms with Crippen molar-refractivity contribution in [3.63, 3.8) is 0 Å². The Morgan fingerprint density at radius 1 is 1.19 bits per heavy atom. The molecule has 1 saturated carbocycles. The van der Waals surface area contributed by atoms with Crippen LogP contribution in [0, 0.1) is 12.8 Å². The van der Waals surface area contributed by atoms with E-state index in [0.717, 1.165) is 42.3 Å². The van der Waals surface area contributed by atoms with E-state index in [1.807, 2.05) is 31.2 Å². The maximum atomic E-state index is 12.9. The summed E-state index contributed by atoms with van der Waals surface area (Å²) in [5.41, 5.74) is 2.93. The average molecular weight is 364 g/mol. The van der Waals surface area contributed by atoms with E-state index in [9.17, 15) is 4.79 Å². The highest BCUT2D eigenvalue weighted by Crippen LogP contribution is 2.35. The van der Waals surface area contributed by atoms with E-state index in [4.69, 9.17) is 4.98 Å². The molecule has 0 aromatic carbocycles. The zero-order valence-electron chi connectivity index (χ0n) is 16.0. The van der Waals surface area contributed by atoms with E-state index in [1.165, 1.54) is 25.7 Å². The van der Waals surface area contributed by atoms with Crippen molar-refractivity contribution in [3.05, 3.63) is 47.9 Å². The quantitative estimate of drug-likeness (QED) is 0.830. The lowest BCUT2D eigenvalue weighted by molar-refractivity contribution is -0.133. The molecule has 0 bridgehead atoms. The second-order valence-electron chi connectivity index (χ2n) is 7.86. The van der Waals surface area contributed by atoms with Gasteiger partial charge in [0, 0.05) is 30.5 Å². The van der Waals surface area contributed by atoms with E-state index in [1.54, 1.807) is 6.20 Å². The standard InChI is InChI=1S/C22H28N4O/c1-16-13-18(25-21-10-4-5-11-23-21)15-19(24-16)20-9-6-12-26(20)22(27)14-17-7-2-3-8-17/h4-5,10-11,13,15,17,20H,2-3,6-9,12,14H2,1H3,(H,23,24,25)/t20-/m1/s1. The molecule has 1 aliphatic heterocycles. The smallest absolute Gasteiger partial charge is 0.223 e. The zero-order valence-corrected chi connectivity index (χ0v) is 16.0. The van der Waals surface area contributed by atoms with E-state index in [-0.39, 0.29) is 6.04 Å². The number of rotatable bonds is 5. The summed E-state index contributed by atoms with van der Waals surface area (Å²) in [4.78, 5) is 24.1. The molecule has 0 unspecified atom stereocenters. The van der Waals surface area contributed by atoms with Crippen LogP contribution in [-0.4, -0.2) is 27.3 Å². The van der Waals surface area contributed by atoms with Crippen LogP contribution in [0.3, 0.4) is 0 Å². The van der Waals surface area contributed by atoms with E-state index < -0.39 is 0 Å². The Balaban J connectivity index is 1.51. The first kappa shape index (κ1) is 18.0. The largest absolute Gasteiger partial charge is 0.340 e. The molecule has 2 aromatic rings. The third-order valence-electron chi connectivity index (χ3n) is 5.76. The van der Waals surface area contributed by atoms with Crippen molar-refractivity contribution in [2.45, 2.75) is 57.9 Å². The molecule has 1 amide bonds. The number of carbonyl (C=O) groups excluding carboxylic acids is 1. The van der Waals surface area contributed by atoms with Crippen LogP contribution in [0.4, 0.5) is 11.5 Å². The summed E-state index contributed by atoms with van der Waals surface area (Å²) >= 11 is 0. The van der Waals surface area contributed by atoms with Crippen LogP contribution in [0.25, 0.3) is 0 Å². The Kier molecular flexibility index (Phi) is 5.37. The Bertz CT molecular complexity index is 786. The van der Waals surface area contributed by atoms with Gasteiger partial charge in [-0.05, 0) is 62.8 Å². The molecule has 2 aromatic heterocycles. The summed E-state index contributed by atoms with van der Waals surface area (Å²) in [7, 11) is 0. The minimum absolute atomic E-state index is 0.100. The molecule has 1 atom stereocenters. The summed E-state index contributed by atoms with van der Waals surface area (Å²) < 4.78 is 0. The molecule has 1 saturated heterocycles. The lowest BCUT2D eigenvalue weighted by atomic mass is 10.0. The van der Waals surface area contributed by atoms with Crippen LogP contribution < -0.4 is 5.32 Å². The van der Waals surface area contributed by atoms with Crippen molar-refractivity contribution in [2.24, 2.45) is 5.92 Å². The van der Waals surface area contributed by atoms with Gasteiger partial charge in [0.2, 0.25) is 5.91 Å². The minimum Gasteiger partial charge on any atom is -0.340 e. The number of nitrogens with one attached hydrogen (secondary N) is 1. The average Bonchev–Trinajstić information content (AvgIpc) is 3.34. The molecule has 5 heteroatoms. The Morgan fingerprint density at radius 2 is 2.04 bits per heavy atom. The number of amides is 1. The molecule has 1 N–H and O–H groups in total. The molecule has 0 radical (unpaired) electrons. The first-order chi connectivity index (χ1) is 13.2. The van der Waals surface area contributed by atoms with Gasteiger partial charge < -0.3 is 10.2 Å². The van der Waals surface area contributed by atoms with Gasteiger partial charge in [-0.2, -0.15) is 0 Å². The summed E-state index contributed by atoms with van der Waals surface area (Å²) in [5.74, 6) is 1.71. The van der Waals surface area contributed by atoms with Crippen molar-refractivity contribution < 1.29 is 4.79 Å². The van der Waals surface area contributed by atoms with E-state index in [2.05, 4.69) is 21.3 Å². The van der Waals surface area contributed by atoms with E-state index in [0.29, 0.717) is 18.2 Å². The molecule has 27 heavy (non-hydrogen) atoms. The predicted molar refractivity (Wildman–Crippen MR) is 107 cm³/mol. The molecule has 5 nitrogen and oxygen atoms in total. The first-order valence-corrected chi connectivity index (χ1v) is 10.1. The number of aromatic nitrogens is 2. The number of anilines is 2.